The van der Waals surface area contributed by atoms with Crippen molar-refractivity contribution in [2.75, 3.05) is 26.1 Å². The van der Waals surface area contributed by atoms with Crippen LogP contribution in [0, 0.1) is 6.92 Å². The number of aryl methyl sites for hydroxylation is 1. The topological polar surface area (TPSA) is 86.8 Å². The number of benzene rings is 3. The van der Waals surface area contributed by atoms with Gasteiger partial charge in [0.1, 0.15) is 11.5 Å². The number of rotatable bonds is 7. The SMILES string of the molecule is COC(=O)COc1cc(-c2ccc(OC)cc2)nc2ccc(NC(=O)c3cccc(C)c3)cc12. The molecule has 3 aromatic carbocycles. The Hall–Kier alpha value is -4.39. The summed E-state index contributed by atoms with van der Waals surface area (Å²) < 4.78 is 15.7. The number of hydrogen-bond donors (Lipinski definition) is 1. The van der Waals surface area contributed by atoms with Gasteiger partial charge in [0, 0.05) is 28.3 Å². The van der Waals surface area contributed by atoms with E-state index >= 15 is 0 Å². The Morgan fingerprint density at radius 3 is 2.44 bits per heavy atom. The Labute approximate surface area is 197 Å². The van der Waals surface area contributed by atoms with Gasteiger partial charge >= 0.3 is 5.97 Å². The highest BCUT2D eigenvalue weighted by Crippen LogP contribution is 2.32. The lowest BCUT2D eigenvalue weighted by Gasteiger charge is -2.13. The van der Waals surface area contributed by atoms with Crippen LogP contribution in [0.2, 0.25) is 0 Å². The van der Waals surface area contributed by atoms with Crippen molar-refractivity contribution in [2.24, 2.45) is 0 Å². The van der Waals surface area contributed by atoms with Gasteiger partial charge in [-0.3, -0.25) is 4.79 Å². The average molecular weight is 456 g/mol. The highest BCUT2D eigenvalue weighted by Gasteiger charge is 2.13. The van der Waals surface area contributed by atoms with E-state index in [4.69, 9.17) is 19.2 Å². The molecule has 7 heteroatoms. The number of pyridine rings is 1. The van der Waals surface area contributed by atoms with Crippen molar-refractivity contribution in [3.05, 3.63) is 83.9 Å². The summed E-state index contributed by atoms with van der Waals surface area (Å²) in [4.78, 5) is 29.2. The first-order valence-electron chi connectivity index (χ1n) is 10.6. The van der Waals surface area contributed by atoms with Gasteiger partial charge < -0.3 is 19.5 Å². The summed E-state index contributed by atoms with van der Waals surface area (Å²) in [6.45, 7) is 1.68. The zero-order chi connectivity index (χ0) is 24.1. The second-order valence-corrected chi connectivity index (χ2v) is 7.65. The number of nitrogens with zero attached hydrogens (tertiary/aromatic N) is 1. The normalized spacial score (nSPS) is 10.6. The lowest BCUT2D eigenvalue weighted by Crippen LogP contribution is -2.13. The molecule has 34 heavy (non-hydrogen) atoms. The van der Waals surface area contributed by atoms with Crippen LogP contribution in [0.4, 0.5) is 5.69 Å². The summed E-state index contributed by atoms with van der Waals surface area (Å²) in [6.07, 6.45) is 0. The molecule has 1 amide bonds. The quantitative estimate of drug-likeness (QED) is 0.393. The highest BCUT2D eigenvalue weighted by atomic mass is 16.6. The van der Waals surface area contributed by atoms with E-state index in [-0.39, 0.29) is 12.5 Å². The summed E-state index contributed by atoms with van der Waals surface area (Å²) >= 11 is 0. The third-order valence-corrected chi connectivity index (χ3v) is 5.27. The van der Waals surface area contributed by atoms with Crippen molar-refractivity contribution in [1.82, 2.24) is 4.98 Å². The molecule has 0 spiro atoms. The van der Waals surface area contributed by atoms with Gasteiger partial charge in [-0.1, -0.05) is 17.7 Å². The zero-order valence-electron chi connectivity index (χ0n) is 19.1. The van der Waals surface area contributed by atoms with Crippen molar-refractivity contribution in [3.8, 4) is 22.8 Å². The van der Waals surface area contributed by atoms with Gasteiger partial charge in [-0.05, 0) is 61.5 Å². The fraction of sp³-hybridized carbons (Fsp3) is 0.148. The highest BCUT2D eigenvalue weighted by molar-refractivity contribution is 6.05. The number of carbonyl (C=O) groups is 2. The predicted octanol–water partition coefficient (Wildman–Crippen LogP) is 5.02. The molecule has 172 valence electrons. The minimum atomic E-state index is -0.500. The second kappa shape index (κ2) is 10.0. The van der Waals surface area contributed by atoms with Crippen LogP contribution >= 0.6 is 0 Å². The van der Waals surface area contributed by atoms with E-state index in [9.17, 15) is 9.59 Å². The molecule has 0 fully saturated rings. The first-order chi connectivity index (χ1) is 16.5. The smallest absolute Gasteiger partial charge is 0.343 e. The minimum absolute atomic E-state index is 0.220. The molecule has 1 heterocycles. The van der Waals surface area contributed by atoms with Gasteiger partial charge in [0.2, 0.25) is 0 Å². The van der Waals surface area contributed by atoms with E-state index < -0.39 is 5.97 Å². The van der Waals surface area contributed by atoms with Gasteiger partial charge in [0.15, 0.2) is 6.61 Å². The number of carbonyl (C=O) groups excluding carboxylic acids is 2. The van der Waals surface area contributed by atoms with Crippen molar-refractivity contribution >= 4 is 28.5 Å². The van der Waals surface area contributed by atoms with Crippen LogP contribution in [0.15, 0.2) is 72.8 Å². The Morgan fingerprint density at radius 1 is 0.941 bits per heavy atom. The Balaban J connectivity index is 1.71. The number of anilines is 1. The monoisotopic (exact) mass is 456 g/mol. The van der Waals surface area contributed by atoms with Crippen LogP contribution in [0.1, 0.15) is 15.9 Å². The number of amides is 1. The van der Waals surface area contributed by atoms with E-state index in [1.54, 1.807) is 37.4 Å². The molecule has 0 aliphatic rings. The van der Waals surface area contributed by atoms with E-state index in [0.717, 1.165) is 16.9 Å². The first kappa shape index (κ1) is 22.8. The molecule has 1 N–H and O–H groups in total. The lowest BCUT2D eigenvalue weighted by molar-refractivity contribution is -0.142. The van der Waals surface area contributed by atoms with Crippen LogP contribution in [0.5, 0.6) is 11.5 Å². The Bertz CT molecular complexity index is 1350. The molecule has 0 radical (unpaired) electrons. The lowest BCUT2D eigenvalue weighted by atomic mass is 10.1. The van der Waals surface area contributed by atoms with E-state index in [2.05, 4.69) is 5.32 Å². The average Bonchev–Trinajstić information content (AvgIpc) is 2.87. The Kier molecular flexibility index (Phi) is 6.73. The van der Waals surface area contributed by atoms with Crippen LogP contribution < -0.4 is 14.8 Å². The molecule has 1 aromatic heterocycles. The summed E-state index contributed by atoms with van der Waals surface area (Å²) in [6, 6.07) is 22.0. The maximum Gasteiger partial charge on any atom is 0.343 e. The molecule has 0 saturated heterocycles. The molecule has 4 rings (SSSR count). The van der Waals surface area contributed by atoms with Gasteiger partial charge in [-0.2, -0.15) is 0 Å². The molecule has 0 aliphatic heterocycles. The zero-order valence-corrected chi connectivity index (χ0v) is 19.1. The van der Waals surface area contributed by atoms with Gasteiger partial charge in [-0.25, -0.2) is 9.78 Å². The van der Waals surface area contributed by atoms with Crippen molar-refractivity contribution in [2.45, 2.75) is 6.92 Å². The van der Waals surface area contributed by atoms with Crippen LogP contribution in [-0.2, 0) is 9.53 Å². The van der Waals surface area contributed by atoms with Gasteiger partial charge in [-0.15, -0.1) is 0 Å². The third-order valence-electron chi connectivity index (χ3n) is 5.27. The summed E-state index contributed by atoms with van der Waals surface area (Å²) in [5.74, 6) is 0.469. The summed E-state index contributed by atoms with van der Waals surface area (Å²) in [5, 5.41) is 3.57. The van der Waals surface area contributed by atoms with Crippen LogP contribution in [0.25, 0.3) is 22.2 Å². The predicted molar refractivity (Wildman–Crippen MR) is 130 cm³/mol. The largest absolute Gasteiger partial charge is 0.497 e. The van der Waals surface area contributed by atoms with Gasteiger partial charge in [0.25, 0.3) is 5.91 Å². The van der Waals surface area contributed by atoms with E-state index in [1.807, 2.05) is 49.4 Å². The van der Waals surface area contributed by atoms with Crippen molar-refractivity contribution in [3.63, 3.8) is 0 Å². The van der Waals surface area contributed by atoms with Gasteiger partial charge in [0.05, 0.1) is 25.4 Å². The minimum Gasteiger partial charge on any atom is -0.497 e. The van der Waals surface area contributed by atoms with Crippen LogP contribution in [0.3, 0.4) is 0 Å². The number of esters is 1. The van der Waals surface area contributed by atoms with Crippen molar-refractivity contribution in [1.29, 1.82) is 0 Å². The summed E-state index contributed by atoms with van der Waals surface area (Å²) in [5.41, 5.74) is 4.34. The number of ether oxygens (including phenoxy) is 3. The number of methoxy groups -OCH3 is 2. The summed E-state index contributed by atoms with van der Waals surface area (Å²) in [7, 11) is 2.91. The number of aromatic nitrogens is 1. The molecule has 0 unspecified atom stereocenters. The third kappa shape index (κ3) is 5.15. The molecule has 0 bridgehead atoms. The number of hydrogen-bond acceptors (Lipinski definition) is 6. The first-order valence-corrected chi connectivity index (χ1v) is 10.6. The molecule has 0 atom stereocenters. The van der Waals surface area contributed by atoms with E-state index in [1.165, 1.54) is 7.11 Å². The fourth-order valence-corrected chi connectivity index (χ4v) is 3.49. The molecule has 0 saturated carbocycles. The Morgan fingerprint density at radius 2 is 1.74 bits per heavy atom. The maximum absolute atomic E-state index is 12.7. The molecular formula is C27H24N2O5. The fourth-order valence-electron chi connectivity index (χ4n) is 3.49. The van der Waals surface area contributed by atoms with Crippen molar-refractivity contribution < 1.29 is 23.8 Å². The molecule has 4 aromatic rings. The number of fused-ring (bicyclic) bond motifs is 1. The molecule has 7 nitrogen and oxygen atoms in total. The maximum atomic E-state index is 12.7. The van der Waals surface area contributed by atoms with E-state index in [0.29, 0.717) is 33.6 Å². The molecular weight excluding hydrogens is 432 g/mol. The standard InChI is InChI=1S/C27H24N2O5/c1-17-5-4-6-19(13-17)27(31)28-20-9-12-23-22(14-20)25(34-16-26(30)33-3)15-24(29-23)18-7-10-21(32-2)11-8-18/h4-15H,16H2,1-3H3,(H,28,31). The number of nitrogens with one attached hydrogen (secondary N) is 1. The van der Waals surface area contributed by atoms with Crippen LogP contribution in [-0.4, -0.2) is 37.7 Å². The molecule has 0 aliphatic carbocycles. The second-order valence-electron chi connectivity index (χ2n) is 7.65.